The smallest absolute Gasteiger partial charge is 0.259 e. The molecule has 20 heavy (non-hydrogen) atoms. The van der Waals surface area contributed by atoms with E-state index in [2.05, 4.69) is 10.1 Å². The molecule has 108 valence electrons. The van der Waals surface area contributed by atoms with Crippen LogP contribution in [0, 0.1) is 5.41 Å². The molecule has 1 amide bonds. The Bertz CT molecular complexity index is 512. The Morgan fingerprint density at radius 3 is 2.75 bits per heavy atom. The molecule has 3 fully saturated rings. The number of carbonyl (C=O) groups is 1. The van der Waals surface area contributed by atoms with Gasteiger partial charge in [0.2, 0.25) is 0 Å². The van der Waals surface area contributed by atoms with Crippen LogP contribution in [0.4, 0.5) is 0 Å². The van der Waals surface area contributed by atoms with Crippen molar-refractivity contribution in [3.63, 3.8) is 0 Å². The van der Waals surface area contributed by atoms with Crippen molar-refractivity contribution in [2.24, 2.45) is 5.41 Å². The van der Waals surface area contributed by atoms with E-state index in [0.717, 1.165) is 43.6 Å². The summed E-state index contributed by atoms with van der Waals surface area (Å²) in [6.45, 7) is 1.84. The van der Waals surface area contributed by atoms with Crippen LogP contribution in [0.25, 0.3) is 0 Å². The molecule has 1 aromatic heterocycles. The van der Waals surface area contributed by atoms with E-state index in [0.29, 0.717) is 11.3 Å². The molecule has 0 unspecified atom stereocenters. The third-order valence-corrected chi connectivity index (χ3v) is 5.40. The summed E-state index contributed by atoms with van der Waals surface area (Å²) in [5.41, 5.74) is 2.05. The van der Waals surface area contributed by atoms with Crippen molar-refractivity contribution in [2.45, 2.75) is 57.3 Å². The standard InChI is InChI=1S/C16H22N2O2/c19-15(13-10-20-17-14(13)12-4-5-12)18-9-3-8-16(11-18)6-1-2-7-16/h10,12H,1-9,11H2. The second-order valence-corrected chi connectivity index (χ2v) is 6.93. The average molecular weight is 274 g/mol. The number of likely N-dealkylation sites (tertiary alicyclic amines) is 1. The largest absolute Gasteiger partial charge is 0.364 e. The minimum atomic E-state index is 0.152. The summed E-state index contributed by atoms with van der Waals surface area (Å²) in [5, 5.41) is 4.06. The van der Waals surface area contributed by atoms with Gasteiger partial charge < -0.3 is 9.42 Å². The summed E-state index contributed by atoms with van der Waals surface area (Å²) in [7, 11) is 0. The first kappa shape index (κ1) is 12.4. The van der Waals surface area contributed by atoms with Crippen LogP contribution < -0.4 is 0 Å². The van der Waals surface area contributed by atoms with Crippen LogP contribution in [0.1, 0.15) is 73.3 Å². The molecule has 2 aliphatic carbocycles. The van der Waals surface area contributed by atoms with Crippen LogP contribution in [-0.2, 0) is 0 Å². The molecule has 1 saturated heterocycles. The molecule has 0 N–H and O–H groups in total. The number of amides is 1. The van der Waals surface area contributed by atoms with Crippen molar-refractivity contribution in [1.82, 2.24) is 10.1 Å². The van der Waals surface area contributed by atoms with Gasteiger partial charge in [-0.3, -0.25) is 4.79 Å². The first-order valence-electron chi connectivity index (χ1n) is 8.01. The molecule has 4 rings (SSSR count). The average Bonchev–Trinajstić information content (AvgIpc) is 3.03. The fraction of sp³-hybridized carbons (Fsp3) is 0.750. The Morgan fingerprint density at radius 1 is 1.25 bits per heavy atom. The van der Waals surface area contributed by atoms with Gasteiger partial charge in [-0.25, -0.2) is 0 Å². The maximum atomic E-state index is 12.8. The molecular formula is C16H22N2O2. The third kappa shape index (κ3) is 2.05. The molecule has 2 saturated carbocycles. The normalized spacial score (nSPS) is 25.3. The molecule has 1 aromatic rings. The highest BCUT2D eigenvalue weighted by Gasteiger charge is 2.40. The SMILES string of the molecule is O=C(c1conc1C1CC1)N1CCCC2(CCCC2)C1. The van der Waals surface area contributed by atoms with Crippen molar-refractivity contribution in [3.8, 4) is 0 Å². The summed E-state index contributed by atoms with van der Waals surface area (Å²) in [6, 6.07) is 0. The van der Waals surface area contributed by atoms with E-state index in [1.54, 1.807) is 6.26 Å². The van der Waals surface area contributed by atoms with Crippen LogP contribution in [-0.4, -0.2) is 29.1 Å². The summed E-state index contributed by atoms with van der Waals surface area (Å²) < 4.78 is 5.08. The monoisotopic (exact) mass is 274 g/mol. The number of rotatable bonds is 2. The van der Waals surface area contributed by atoms with Crippen molar-refractivity contribution >= 4 is 5.91 Å². The Hall–Kier alpha value is -1.32. The zero-order chi connectivity index (χ0) is 13.6. The molecule has 0 atom stereocenters. The van der Waals surface area contributed by atoms with Gasteiger partial charge in [0.15, 0.2) is 0 Å². The van der Waals surface area contributed by atoms with Gasteiger partial charge in [-0.1, -0.05) is 18.0 Å². The maximum Gasteiger partial charge on any atom is 0.259 e. The Morgan fingerprint density at radius 2 is 2.00 bits per heavy atom. The van der Waals surface area contributed by atoms with Crippen LogP contribution in [0.15, 0.2) is 10.8 Å². The van der Waals surface area contributed by atoms with Crippen molar-refractivity contribution < 1.29 is 9.32 Å². The fourth-order valence-electron chi connectivity index (χ4n) is 4.14. The molecule has 3 aliphatic rings. The van der Waals surface area contributed by atoms with Gasteiger partial charge in [-0.05, 0) is 43.9 Å². The quantitative estimate of drug-likeness (QED) is 0.831. The highest BCUT2D eigenvalue weighted by molar-refractivity contribution is 5.95. The van der Waals surface area contributed by atoms with Crippen molar-refractivity contribution in [2.75, 3.05) is 13.1 Å². The molecule has 1 aliphatic heterocycles. The van der Waals surface area contributed by atoms with Crippen LogP contribution in [0.5, 0.6) is 0 Å². The van der Waals surface area contributed by atoms with E-state index in [1.165, 1.54) is 32.1 Å². The number of carbonyl (C=O) groups excluding carboxylic acids is 1. The Kier molecular flexibility index (Phi) is 2.86. The van der Waals surface area contributed by atoms with Crippen molar-refractivity contribution in [3.05, 3.63) is 17.5 Å². The van der Waals surface area contributed by atoms with Gasteiger partial charge in [0, 0.05) is 19.0 Å². The Balaban J connectivity index is 1.54. The van der Waals surface area contributed by atoms with E-state index >= 15 is 0 Å². The summed E-state index contributed by atoms with van der Waals surface area (Å²) in [4.78, 5) is 14.8. The minimum absolute atomic E-state index is 0.152. The number of hydrogen-bond donors (Lipinski definition) is 0. The predicted molar refractivity (Wildman–Crippen MR) is 74.5 cm³/mol. The lowest BCUT2D eigenvalue weighted by Crippen LogP contribution is -2.45. The maximum absolute atomic E-state index is 12.8. The molecule has 0 bridgehead atoms. The summed E-state index contributed by atoms with van der Waals surface area (Å²) in [6.07, 6.45) is 11.6. The van der Waals surface area contributed by atoms with E-state index in [-0.39, 0.29) is 5.91 Å². The fourth-order valence-corrected chi connectivity index (χ4v) is 4.14. The lowest BCUT2D eigenvalue weighted by atomic mass is 9.78. The van der Waals surface area contributed by atoms with Gasteiger partial charge in [0.25, 0.3) is 5.91 Å². The highest BCUT2D eigenvalue weighted by atomic mass is 16.5. The molecule has 1 spiro atoms. The molecular weight excluding hydrogens is 252 g/mol. The van der Waals surface area contributed by atoms with E-state index in [1.807, 2.05) is 0 Å². The van der Waals surface area contributed by atoms with Gasteiger partial charge in [-0.2, -0.15) is 0 Å². The zero-order valence-electron chi connectivity index (χ0n) is 11.9. The topological polar surface area (TPSA) is 46.3 Å². The molecule has 2 heterocycles. The first-order chi connectivity index (χ1) is 9.77. The lowest BCUT2D eigenvalue weighted by molar-refractivity contribution is 0.0524. The predicted octanol–water partition coefficient (Wildman–Crippen LogP) is 3.35. The lowest BCUT2D eigenvalue weighted by Gasteiger charge is -2.40. The van der Waals surface area contributed by atoms with Gasteiger partial charge in [0.05, 0.1) is 5.69 Å². The summed E-state index contributed by atoms with van der Waals surface area (Å²) >= 11 is 0. The second kappa shape index (κ2) is 4.61. The van der Waals surface area contributed by atoms with Crippen LogP contribution in [0.3, 0.4) is 0 Å². The van der Waals surface area contributed by atoms with Gasteiger partial charge in [0.1, 0.15) is 11.8 Å². The summed E-state index contributed by atoms with van der Waals surface area (Å²) in [5.74, 6) is 0.622. The number of nitrogens with zero attached hydrogens (tertiary/aromatic N) is 2. The van der Waals surface area contributed by atoms with Gasteiger partial charge >= 0.3 is 0 Å². The van der Waals surface area contributed by atoms with E-state index in [4.69, 9.17) is 4.52 Å². The third-order valence-electron chi connectivity index (χ3n) is 5.40. The first-order valence-corrected chi connectivity index (χ1v) is 8.01. The van der Waals surface area contributed by atoms with Crippen molar-refractivity contribution in [1.29, 1.82) is 0 Å². The van der Waals surface area contributed by atoms with Crippen LogP contribution in [0.2, 0.25) is 0 Å². The van der Waals surface area contributed by atoms with Gasteiger partial charge in [-0.15, -0.1) is 0 Å². The number of piperidine rings is 1. The second-order valence-electron chi connectivity index (χ2n) is 6.93. The molecule has 4 nitrogen and oxygen atoms in total. The zero-order valence-corrected chi connectivity index (χ0v) is 11.9. The molecule has 0 radical (unpaired) electrons. The minimum Gasteiger partial charge on any atom is -0.364 e. The van der Waals surface area contributed by atoms with Crippen LogP contribution >= 0.6 is 0 Å². The number of hydrogen-bond acceptors (Lipinski definition) is 3. The molecule has 4 heteroatoms. The number of aromatic nitrogens is 1. The van der Waals surface area contributed by atoms with E-state index < -0.39 is 0 Å². The molecule has 0 aromatic carbocycles. The Labute approximate surface area is 119 Å². The highest BCUT2D eigenvalue weighted by Crippen LogP contribution is 2.45. The van der Waals surface area contributed by atoms with E-state index in [9.17, 15) is 4.79 Å².